The van der Waals surface area contributed by atoms with Crippen LogP contribution >= 0.6 is 0 Å². The number of nitrogens with one attached hydrogen (secondary N) is 4. The van der Waals surface area contributed by atoms with E-state index in [-0.39, 0.29) is 69.5 Å². The van der Waals surface area contributed by atoms with Gasteiger partial charge in [-0.25, -0.2) is 26.9 Å². The fourth-order valence-electron chi connectivity index (χ4n) is 12.9. The fourth-order valence-corrected chi connectivity index (χ4v) is 16.4. The molecular weight excluding hydrogens is 1310 g/mol. The molecule has 0 fully saturated rings. The van der Waals surface area contributed by atoms with Gasteiger partial charge in [0.15, 0.2) is 0 Å². The number of sulfonamides is 2. The molecule has 0 aliphatic rings. The molecule has 8 rings (SSSR count). The average molecular weight is 1420 g/mol. The standard InChI is InChI=1S/C85H110N6O9S2/c1-16-18-20-31-53-98-69-47-41-65(42-48-69)86-80-73(58(3)4)55-75(60(7)8)82(78(80)62(11)12)101(94,95)88-90(67-33-25-22-26-34-67)77(92)57-85(15,52-51-64-39-45-72(46-40-64)100-71-37-29-24-30-38-71)84(93)91(68-35-27-23-28-36-68)89-102(96,97)83-76(61(9)10)56-74(59(5)6)81(79(83)63(13)14)87-66-43-49-70(50-44-66)99-54-32-21-19-17-2/h22-30,33-50,55-56,58-63,86-89H,16-21,31-32,51-54,57H2,1-15H3. The lowest BCUT2D eigenvalue weighted by molar-refractivity contribution is -0.133. The smallest absolute Gasteiger partial charge is 0.258 e. The Kier molecular flexibility index (Phi) is 28.4. The van der Waals surface area contributed by atoms with Crippen LogP contribution in [0.25, 0.3) is 0 Å². The van der Waals surface area contributed by atoms with Crippen molar-refractivity contribution in [3.8, 4) is 23.0 Å². The Bertz CT molecular complexity index is 4250. The quantitative estimate of drug-likeness (QED) is 0.0213. The zero-order chi connectivity index (χ0) is 73.9. The number of para-hydroxylation sites is 3. The van der Waals surface area contributed by atoms with Crippen LogP contribution in [0.1, 0.15) is 243 Å². The zero-order valence-corrected chi connectivity index (χ0v) is 64.4. The van der Waals surface area contributed by atoms with Crippen LogP contribution in [0.4, 0.5) is 34.1 Å². The normalized spacial score (nSPS) is 12.5. The predicted octanol–water partition coefficient (Wildman–Crippen LogP) is 21.8. The fraction of sp³-hybridized carbons (Fsp3) is 0.412. The summed E-state index contributed by atoms with van der Waals surface area (Å²) in [6, 6.07) is 53.1. The van der Waals surface area contributed by atoms with E-state index in [0.29, 0.717) is 58.3 Å². The van der Waals surface area contributed by atoms with E-state index >= 15 is 26.4 Å². The molecule has 2 amide bonds. The molecule has 102 heavy (non-hydrogen) atoms. The second-order valence-corrected chi connectivity index (χ2v) is 32.1. The second-order valence-electron chi connectivity index (χ2n) is 28.9. The molecule has 4 N–H and O–H groups in total. The molecule has 8 aromatic rings. The minimum absolute atomic E-state index is 0.0159. The van der Waals surface area contributed by atoms with Gasteiger partial charge >= 0.3 is 0 Å². The van der Waals surface area contributed by atoms with Crippen molar-refractivity contribution in [2.75, 3.05) is 33.9 Å². The number of hydrogen-bond donors (Lipinski definition) is 4. The second kappa shape index (κ2) is 36.6. The van der Waals surface area contributed by atoms with Crippen LogP contribution in [-0.2, 0) is 36.1 Å². The number of benzene rings is 8. The molecule has 546 valence electrons. The highest BCUT2D eigenvalue weighted by Gasteiger charge is 2.44. The van der Waals surface area contributed by atoms with Crippen LogP contribution < -0.4 is 44.5 Å². The zero-order valence-electron chi connectivity index (χ0n) is 62.8. The lowest BCUT2D eigenvalue weighted by Gasteiger charge is -2.36. The topological polar surface area (TPSA) is 185 Å². The molecule has 0 aliphatic carbocycles. The largest absolute Gasteiger partial charge is 0.494 e. The first-order valence-corrected chi connectivity index (χ1v) is 39.7. The van der Waals surface area contributed by atoms with Crippen LogP contribution in [0.3, 0.4) is 0 Å². The van der Waals surface area contributed by atoms with Crippen molar-refractivity contribution in [2.24, 2.45) is 5.41 Å². The SMILES string of the molecule is CCCCCCOc1ccc(Nc2c(C(C)C)cc(C(C)C)c(S(=O)(=O)NN(C(=O)CC(C)(CCc3ccc(Oc4ccccc4)cc3)C(=O)N(NS(=O)(=O)c3c(C(C)C)cc(C(C)C)c(Nc4ccc(OCCCCCC)cc4)c3C(C)C)c3ccccc3)c3ccccc3)c2C(C)C)cc1. The molecule has 0 radical (unpaired) electrons. The molecular formula is C85H110N6O9S2. The van der Waals surface area contributed by atoms with Crippen molar-refractivity contribution in [3.63, 3.8) is 0 Å². The van der Waals surface area contributed by atoms with Gasteiger partial charge in [-0.05, 0) is 197 Å². The number of amides is 2. The summed E-state index contributed by atoms with van der Waals surface area (Å²) in [5.74, 6) is -0.230. The van der Waals surface area contributed by atoms with Gasteiger partial charge in [0.2, 0.25) is 11.8 Å². The molecule has 15 nitrogen and oxygen atoms in total. The average Bonchev–Trinajstić information content (AvgIpc) is 0.749. The Morgan fingerprint density at radius 3 is 1.20 bits per heavy atom. The highest BCUT2D eigenvalue weighted by Crippen LogP contribution is 2.46. The van der Waals surface area contributed by atoms with Crippen molar-refractivity contribution >= 4 is 66.0 Å². The number of nitrogens with zero attached hydrogens (tertiary/aromatic N) is 2. The first kappa shape index (κ1) is 79.2. The highest BCUT2D eigenvalue weighted by molar-refractivity contribution is 7.90. The Morgan fingerprint density at radius 1 is 0.431 bits per heavy atom. The van der Waals surface area contributed by atoms with Crippen molar-refractivity contribution in [1.82, 2.24) is 9.66 Å². The van der Waals surface area contributed by atoms with Gasteiger partial charge in [0.1, 0.15) is 23.0 Å². The minimum Gasteiger partial charge on any atom is -0.494 e. The number of hydrazine groups is 2. The Balaban J connectivity index is 1.23. The van der Waals surface area contributed by atoms with E-state index in [9.17, 15) is 0 Å². The maximum Gasteiger partial charge on any atom is 0.258 e. The van der Waals surface area contributed by atoms with Crippen LogP contribution in [0.2, 0.25) is 0 Å². The molecule has 1 unspecified atom stereocenters. The van der Waals surface area contributed by atoms with Gasteiger partial charge in [0, 0.05) is 29.2 Å². The molecule has 0 bridgehead atoms. The van der Waals surface area contributed by atoms with E-state index in [0.717, 1.165) is 101 Å². The maximum atomic E-state index is 16.6. The summed E-state index contributed by atoms with van der Waals surface area (Å²) in [6.45, 7) is 31.3. The summed E-state index contributed by atoms with van der Waals surface area (Å²) in [5, 5.41) is 9.39. The van der Waals surface area contributed by atoms with Gasteiger partial charge in [-0.1, -0.05) is 221 Å². The first-order chi connectivity index (χ1) is 48.7. The van der Waals surface area contributed by atoms with Crippen LogP contribution in [-0.4, -0.2) is 41.9 Å². The Morgan fingerprint density at radius 2 is 0.804 bits per heavy atom. The van der Waals surface area contributed by atoms with Crippen LogP contribution in [0.5, 0.6) is 23.0 Å². The third-order valence-corrected chi connectivity index (χ3v) is 21.4. The number of carbonyl (C=O) groups excluding carboxylic acids is 2. The number of carbonyl (C=O) groups is 2. The number of aryl methyl sites for hydroxylation is 1. The molecule has 8 aromatic carbocycles. The van der Waals surface area contributed by atoms with E-state index in [4.69, 9.17) is 14.2 Å². The molecule has 0 aliphatic heterocycles. The summed E-state index contributed by atoms with van der Waals surface area (Å²) in [7, 11) is -9.50. The molecule has 0 spiro atoms. The van der Waals surface area contributed by atoms with Gasteiger partial charge in [-0.15, -0.1) is 9.66 Å². The van der Waals surface area contributed by atoms with E-state index in [1.807, 2.05) is 171 Å². The van der Waals surface area contributed by atoms with Gasteiger partial charge in [-0.2, -0.15) is 0 Å². The monoisotopic (exact) mass is 1420 g/mol. The molecule has 0 saturated heterocycles. The van der Waals surface area contributed by atoms with E-state index < -0.39 is 43.7 Å². The van der Waals surface area contributed by atoms with Crippen molar-refractivity contribution in [1.29, 1.82) is 0 Å². The minimum atomic E-state index is -4.77. The molecule has 0 aromatic heterocycles. The van der Waals surface area contributed by atoms with Crippen molar-refractivity contribution < 1.29 is 40.6 Å². The lowest BCUT2D eigenvalue weighted by atomic mass is 9.79. The summed E-state index contributed by atoms with van der Waals surface area (Å²) in [5.41, 5.74) is 6.19. The maximum absolute atomic E-state index is 16.6. The number of anilines is 6. The number of hydrogen-bond acceptors (Lipinski definition) is 11. The van der Waals surface area contributed by atoms with Gasteiger partial charge in [-0.3, -0.25) is 9.59 Å². The van der Waals surface area contributed by atoms with E-state index in [2.05, 4.69) is 61.8 Å². The van der Waals surface area contributed by atoms with Crippen LogP contribution in [0.15, 0.2) is 186 Å². The summed E-state index contributed by atoms with van der Waals surface area (Å²) in [4.78, 5) is 38.5. The van der Waals surface area contributed by atoms with Gasteiger partial charge < -0.3 is 24.8 Å². The summed E-state index contributed by atoms with van der Waals surface area (Å²) in [6.07, 6.45) is 8.28. The lowest BCUT2D eigenvalue weighted by Crippen LogP contribution is -2.55. The van der Waals surface area contributed by atoms with Crippen molar-refractivity contribution in [2.45, 2.75) is 220 Å². The van der Waals surface area contributed by atoms with Crippen molar-refractivity contribution in [3.05, 3.63) is 215 Å². The first-order valence-electron chi connectivity index (χ1n) is 36.7. The predicted molar refractivity (Wildman–Crippen MR) is 419 cm³/mol. The number of unbranched alkanes of at least 4 members (excludes halogenated alkanes) is 6. The number of ether oxygens (including phenoxy) is 3. The van der Waals surface area contributed by atoms with E-state index in [1.165, 1.54) is 0 Å². The van der Waals surface area contributed by atoms with Gasteiger partial charge in [0.05, 0.1) is 39.8 Å². The molecule has 17 heteroatoms. The molecule has 0 saturated carbocycles. The third kappa shape index (κ3) is 20.7. The Hall–Kier alpha value is -8.48. The van der Waals surface area contributed by atoms with Gasteiger partial charge in [0.25, 0.3) is 20.0 Å². The summed E-state index contributed by atoms with van der Waals surface area (Å²) < 4.78 is 83.0. The van der Waals surface area contributed by atoms with E-state index in [1.54, 1.807) is 67.6 Å². The van der Waals surface area contributed by atoms with Crippen LogP contribution in [0, 0.1) is 5.41 Å². The number of rotatable bonds is 38. The Labute approximate surface area is 609 Å². The highest BCUT2D eigenvalue weighted by atomic mass is 32.2. The third-order valence-electron chi connectivity index (χ3n) is 18.5. The summed E-state index contributed by atoms with van der Waals surface area (Å²) >= 11 is 0. The molecule has 0 heterocycles. The molecule has 1 atom stereocenters.